The lowest BCUT2D eigenvalue weighted by atomic mass is 10.1. The number of carbonyl (C=O) groups excluding carboxylic acids is 1. The van der Waals surface area contributed by atoms with Crippen molar-refractivity contribution in [3.8, 4) is 0 Å². The highest BCUT2D eigenvalue weighted by atomic mass is 19.4. The van der Waals surface area contributed by atoms with Gasteiger partial charge < -0.3 is 25.4 Å². The van der Waals surface area contributed by atoms with Gasteiger partial charge in [-0.1, -0.05) is 25.1 Å². The number of unbranched alkanes of at least 4 members (excludes halogenated alkanes) is 1. The summed E-state index contributed by atoms with van der Waals surface area (Å²) in [6.45, 7) is 5.67. The third kappa shape index (κ3) is 9.78. The fourth-order valence-electron chi connectivity index (χ4n) is 4.66. The number of fused-ring (bicyclic) bond motifs is 1. The van der Waals surface area contributed by atoms with Gasteiger partial charge >= 0.3 is 12.1 Å². The van der Waals surface area contributed by atoms with Gasteiger partial charge in [0.1, 0.15) is 11.9 Å². The lowest BCUT2D eigenvalue weighted by Crippen LogP contribution is -2.44. The monoisotopic (exact) mass is 564 g/mol. The second-order valence-corrected chi connectivity index (χ2v) is 9.95. The Labute approximate surface area is 233 Å². The smallest absolute Gasteiger partial charge is 0.417 e. The van der Waals surface area contributed by atoms with Crippen LogP contribution in [0.25, 0.3) is 0 Å². The second kappa shape index (κ2) is 15.6. The maximum absolute atomic E-state index is 13.3. The van der Waals surface area contributed by atoms with E-state index in [1.165, 1.54) is 17.7 Å². The van der Waals surface area contributed by atoms with Gasteiger partial charge in [0.2, 0.25) is 0 Å². The Balaban J connectivity index is 1.55. The van der Waals surface area contributed by atoms with Crippen molar-refractivity contribution in [1.82, 2.24) is 15.2 Å². The molecule has 1 aliphatic heterocycles. The number of nitrogens with zero attached hydrogens (tertiary/aromatic N) is 2. The Kier molecular flexibility index (Phi) is 12.2. The number of hydrogen-bond acceptors (Lipinski definition) is 6. The van der Waals surface area contributed by atoms with E-state index < -0.39 is 35.2 Å². The van der Waals surface area contributed by atoms with E-state index in [4.69, 9.17) is 9.72 Å². The molecule has 2 heterocycles. The average molecular weight is 565 g/mol. The number of amides is 1. The number of hydrogen-bond donors (Lipinski definition) is 3. The van der Waals surface area contributed by atoms with Gasteiger partial charge in [-0.05, 0) is 75.3 Å². The van der Waals surface area contributed by atoms with Gasteiger partial charge in [0, 0.05) is 31.9 Å². The summed E-state index contributed by atoms with van der Waals surface area (Å²) in [5, 5.41) is 15.3. The number of ether oxygens (including phenoxy) is 1. The van der Waals surface area contributed by atoms with Gasteiger partial charge in [-0.3, -0.25) is 4.79 Å². The van der Waals surface area contributed by atoms with Gasteiger partial charge in [-0.2, -0.15) is 13.2 Å². The number of carbonyl (C=O) groups is 2. The van der Waals surface area contributed by atoms with E-state index in [0.29, 0.717) is 32.8 Å². The topological polar surface area (TPSA) is 104 Å². The van der Waals surface area contributed by atoms with E-state index in [1.807, 2.05) is 6.92 Å². The molecule has 40 heavy (non-hydrogen) atoms. The summed E-state index contributed by atoms with van der Waals surface area (Å²) < 4.78 is 45.6. The normalized spacial score (nSPS) is 13.9. The van der Waals surface area contributed by atoms with E-state index in [9.17, 15) is 27.9 Å². The fourth-order valence-corrected chi connectivity index (χ4v) is 4.66. The molecule has 8 nitrogen and oxygen atoms in total. The number of halogens is 3. The summed E-state index contributed by atoms with van der Waals surface area (Å²) in [6, 6.07) is 7.22. The van der Waals surface area contributed by atoms with Gasteiger partial charge in [0.05, 0.1) is 17.7 Å². The Hall–Kier alpha value is -3.18. The molecule has 0 fully saturated rings. The minimum absolute atomic E-state index is 0.0427. The van der Waals surface area contributed by atoms with Crippen LogP contribution in [0, 0.1) is 0 Å². The quantitative estimate of drug-likeness (QED) is 0.252. The number of carboxylic acids is 1. The van der Waals surface area contributed by atoms with E-state index in [0.717, 1.165) is 68.7 Å². The third-order valence-electron chi connectivity index (χ3n) is 6.82. The molecule has 11 heteroatoms. The number of nitrogens with one attached hydrogen (secondary N) is 2. The Morgan fingerprint density at radius 2 is 1.93 bits per heavy atom. The molecule has 1 aliphatic rings. The third-order valence-corrected chi connectivity index (χ3v) is 6.82. The zero-order chi connectivity index (χ0) is 29.0. The molecule has 1 aromatic heterocycles. The number of alkyl halides is 3. The number of benzene rings is 1. The lowest BCUT2D eigenvalue weighted by molar-refractivity contribution is -0.139. The van der Waals surface area contributed by atoms with Crippen molar-refractivity contribution in [2.24, 2.45) is 0 Å². The molecule has 3 N–H and O–H groups in total. The van der Waals surface area contributed by atoms with Crippen LogP contribution in [0.1, 0.15) is 66.2 Å². The predicted molar refractivity (Wildman–Crippen MR) is 146 cm³/mol. The van der Waals surface area contributed by atoms with Crippen molar-refractivity contribution in [2.75, 3.05) is 44.7 Å². The standard InChI is InChI=1S/C29H39F3N4O4/c1-2-19-40-20-18-36(16-6-5-9-22-13-12-21-8-7-15-33-26(21)34-22)17-14-25(28(38)39)35-27(37)23-10-3-4-11-24(23)29(30,31)32/h3-4,10-13,25H,2,5-9,14-20H2,1H3,(H,33,34)(H,35,37)(H,38,39). The van der Waals surface area contributed by atoms with Crippen molar-refractivity contribution >= 4 is 17.7 Å². The molecule has 0 radical (unpaired) electrons. The molecule has 2 aromatic rings. The minimum atomic E-state index is -4.73. The molecule has 0 saturated heterocycles. The van der Waals surface area contributed by atoms with Gasteiger partial charge in [0.25, 0.3) is 5.91 Å². The van der Waals surface area contributed by atoms with Crippen LogP contribution in [-0.2, 0) is 28.5 Å². The van der Waals surface area contributed by atoms with Crippen molar-refractivity contribution in [1.29, 1.82) is 0 Å². The second-order valence-electron chi connectivity index (χ2n) is 9.95. The lowest BCUT2D eigenvalue weighted by Gasteiger charge is -2.24. The van der Waals surface area contributed by atoms with Crippen LogP contribution in [0.2, 0.25) is 0 Å². The number of aromatic nitrogens is 1. The van der Waals surface area contributed by atoms with Crippen LogP contribution < -0.4 is 10.6 Å². The Bertz CT molecular complexity index is 1110. The average Bonchev–Trinajstić information content (AvgIpc) is 2.94. The number of carboxylic acid groups (broad SMARTS) is 1. The first-order valence-electron chi connectivity index (χ1n) is 13.9. The van der Waals surface area contributed by atoms with Crippen molar-refractivity contribution < 1.29 is 32.6 Å². The summed E-state index contributed by atoms with van der Waals surface area (Å²) in [5.41, 5.74) is 0.571. The van der Waals surface area contributed by atoms with Crippen LogP contribution in [0.4, 0.5) is 19.0 Å². The number of anilines is 1. The number of rotatable bonds is 16. The highest BCUT2D eigenvalue weighted by Crippen LogP contribution is 2.31. The molecule has 0 saturated carbocycles. The summed E-state index contributed by atoms with van der Waals surface area (Å²) in [7, 11) is 0. The van der Waals surface area contributed by atoms with Crippen LogP contribution >= 0.6 is 0 Å². The first-order valence-corrected chi connectivity index (χ1v) is 13.9. The van der Waals surface area contributed by atoms with Crippen LogP contribution in [0.3, 0.4) is 0 Å². The Morgan fingerprint density at radius 3 is 2.67 bits per heavy atom. The summed E-state index contributed by atoms with van der Waals surface area (Å²) >= 11 is 0. The SMILES string of the molecule is CCCOCCN(CCCCc1ccc2c(n1)NCCC2)CCC(NC(=O)c1ccccc1C(F)(F)F)C(=O)O. The number of aryl methyl sites for hydroxylation is 2. The maximum atomic E-state index is 13.3. The van der Waals surface area contributed by atoms with Crippen LogP contribution in [0.5, 0.6) is 0 Å². The Morgan fingerprint density at radius 1 is 1.12 bits per heavy atom. The largest absolute Gasteiger partial charge is 0.480 e. The molecule has 0 aliphatic carbocycles. The summed E-state index contributed by atoms with van der Waals surface area (Å²) in [6.07, 6.45) is 0.912. The van der Waals surface area contributed by atoms with Gasteiger partial charge in [-0.25, -0.2) is 9.78 Å². The van der Waals surface area contributed by atoms with Crippen LogP contribution in [0.15, 0.2) is 36.4 Å². The molecular weight excluding hydrogens is 525 g/mol. The highest BCUT2D eigenvalue weighted by molar-refractivity contribution is 5.98. The molecule has 1 amide bonds. The molecular formula is C29H39F3N4O4. The maximum Gasteiger partial charge on any atom is 0.417 e. The van der Waals surface area contributed by atoms with E-state index >= 15 is 0 Å². The molecule has 1 aromatic carbocycles. The molecule has 220 valence electrons. The fraction of sp³-hybridized carbons (Fsp3) is 0.552. The van der Waals surface area contributed by atoms with E-state index in [1.54, 1.807) is 0 Å². The van der Waals surface area contributed by atoms with Crippen molar-refractivity contribution in [3.63, 3.8) is 0 Å². The molecule has 0 spiro atoms. The zero-order valence-electron chi connectivity index (χ0n) is 22.9. The van der Waals surface area contributed by atoms with Crippen molar-refractivity contribution in [2.45, 2.75) is 64.1 Å². The summed E-state index contributed by atoms with van der Waals surface area (Å²) in [4.78, 5) is 31.3. The highest BCUT2D eigenvalue weighted by Gasteiger charge is 2.35. The predicted octanol–water partition coefficient (Wildman–Crippen LogP) is 4.78. The van der Waals surface area contributed by atoms with Crippen LogP contribution in [-0.4, -0.2) is 72.3 Å². The molecule has 0 bridgehead atoms. The minimum Gasteiger partial charge on any atom is -0.480 e. The first kappa shape index (κ1) is 31.3. The molecule has 1 atom stereocenters. The molecule has 1 unspecified atom stereocenters. The molecule has 3 rings (SSSR count). The number of aliphatic carboxylic acids is 1. The summed E-state index contributed by atoms with van der Waals surface area (Å²) in [5.74, 6) is -1.39. The first-order chi connectivity index (χ1) is 19.2. The van der Waals surface area contributed by atoms with E-state index in [2.05, 4.69) is 27.7 Å². The zero-order valence-corrected chi connectivity index (χ0v) is 22.9. The van der Waals surface area contributed by atoms with E-state index in [-0.39, 0.29) is 6.42 Å². The van der Waals surface area contributed by atoms with Gasteiger partial charge in [-0.15, -0.1) is 0 Å². The van der Waals surface area contributed by atoms with Gasteiger partial charge in [0.15, 0.2) is 0 Å². The van der Waals surface area contributed by atoms with Crippen molar-refractivity contribution in [3.05, 3.63) is 58.8 Å². The number of pyridine rings is 1.